The zero-order chi connectivity index (χ0) is 28.2. The van der Waals surface area contributed by atoms with Crippen LogP contribution in [0.25, 0.3) is 11.0 Å². The molecule has 9 nitrogen and oxygen atoms in total. The van der Waals surface area contributed by atoms with Crippen molar-refractivity contribution in [3.63, 3.8) is 0 Å². The Bertz CT molecular complexity index is 1390. The quantitative estimate of drug-likeness (QED) is 0.384. The van der Waals surface area contributed by atoms with Gasteiger partial charge in [-0.25, -0.2) is 14.8 Å². The molecular formula is C31H41N7O2. The molecule has 1 amide bonds. The van der Waals surface area contributed by atoms with Gasteiger partial charge in [0.1, 0.15) is 0 Å². The Kier molecular flexibility index (Phi) is 8.59. The third-order valence-electron chi connectivity index (χ3n) is 8.50. The van der Waals surface area contributed by atoms with Crippen LogP contribution in [-0.4, -0.2) is 61.4 Å². The number of rotatable bonds is 9. The lowest BCUT2D eigenvalue weighted by atomic mass is 9.91. The zero-order valence-corrected chi connectivity index (χ0v) is 23.9. The minimum absolute atomic E-state index is 0.0192. The number of fused-ring (bicyclic) bond motifs is 1. The number of carbonyl (C=O) groups is 1. The number of benzene rings is 1. The maximum absolute atomic E-state index is 12.3. The van der Waals surface area contributed by atoms with Gasteiger partial charge in [-0.05, 0) is 50.3 Å². The lowest BCUT2D eigenvalue weighted by molar-refractivity contribution is -0.128. The highest BCUT2D eigenvalue weighted by Crippen LogP contribution is 2.37. The van der Waals surface area contributed by atoms with Crippen LogP contribution in [0.4, 0.5) is 5.95 Å². The van der Waals surface area contributed by atoms with Gasteiger partial charge in [0.2, 0.25) is 11.9 Å². The van der Waals surface area contributed by atoms with Crippen molar-refractivity contribution >= 4 is 22.9 Å². The van der Waals surface area contributed by atoms with Gasteiger partial charge in [-0.1, -0.05) is 56.5 Å². The third kappa shape index (κ3) is 6.09. The first kappa shape index (κ1) is 28.0. The van der Waals surface area contributed by atoms with Crippen molar-refractivity contribution in [3.05, 3.63) is 70.9 Å². The Morgan fingerprint density at radius 3 is 2.33 bits per heavy atom. The van der Waals surface area contributed by atoms with Crippen LogP contribution in [0.15, 0.2) is 54.1 Å². The Morgan fingerprint density at radius 2 is 1.68 bits per heavy atom. The van der Waals surface area contributed by atoms with E-state index in [1.807, 2.05) is 18.7 Å². The van der Waals surface area contributed by atoms with E-state index in [1.165, 1.54) is 49.9 Å². The molecule has 5 rings (SSSR count). The van der Waals surface area contributed by atoms with Crippen molar-refractivity contribution in [2.24, 2.45) is 5.92 Å². The van der Waals surface area contributed by atoms with E-state index in [4.69, 9.17) is 0 Å². The van der Waals surface area contributed by atoms with Gasteiger partial charge in [-0.15, -0.1) is 0 Å². The molecule has 1 aromatic carbocycles. The van der Waals surface area contributed by atoms with Crippen molar-refractivity contribution in [3.8, 4) is 0 Å². The zero-order valence-electron chi connectivity index (χ0n) is 23.9. The number of anilines is 1. The second-order valence-electron chi connectivity index (χ2n) is 11.5. The lowest BCUT2D eigenvalue weighted by Gasteiger charge is -2.40. The molecule has 1 N–H and O–H groups in total. The van der Waals surface area contributed by atoms with Gasteiger partial charge < -0.3 is 10.2 Å². The molecule has 0 bridgehead atoms. The monoisotopic (exact) mass is 543 g/mol. The number of nitrogens with zero attached hydrogens (tertiary/aromatic N) is 6. The number of aromatic nitrogens is 4. The summed E-state index contributed by atoms with van der Waals surface area (Å²) in [4.78, 5) is 42.0. The smallest absolute Gasteiger partial charge is 0.348 e. The van der Waals surface area contributed by atoms with E-state index in [9.17, 15) is 9.59 Å². The number of piperazine rings is 1. The highest BCUT2D eigenvalue weighted by molar-refractivity contribution is 5.87. The first-order valence-electron chi connectivity index (χ1n) is 14.6. The molecule has 1 aliphatic heterocycles. The summed E-state index contributed by atoms with van der Waals surface area (Å²) in [6.45, 7) is 12.9. The predicted octanol–water partition coefficient (Wildman–Crippen LogP) is 4.89. The average molecular weight is 544 g/mol. The van der Waals surface area contributed by atoms with E-state index in [0.717, 1.165) is 43.0 Å². The molecule has 1 saturated heterocycles. The Labute approximate surface area is 236 Å². The Morgan fingerprint density at radius 1 is 1.02 bits per heavy atom. The van der Waals surface area contributed by atoms with Crippen molar-refractivity contribution < 1.29 is 4.79 Å². The SMILES string of the molecule is C=CC(=O)N1CCN(C(CC2CCCC2)c2ccc([C@H](C)Nc3ncc4cnc(=O)n(C(C)C)c4n3)cc2)CC1. The minimum atomic E-state index is -0.309. The van der Waals surface area contributed by atoms with Crippen molar-refractivity contribution in [1.29, 1.82) is 0 Å². The molecule has 1 saturated carbocycles. The minimum Gasteiger partial charge on any atom is -0.348 e. The molecule has 0 radical (unpaired) electrons. The number of hydrogen-bond donors (Lipinski definition) is 1. The molecule has 1 unspecified atom stereocenters. The second-order valence-corrected chi connectivity index (χ2v) is 11.5. The predicted molar refractivity (Wildman–Crippen MR) is 158 cm³/mol. The lowest BCUT2D eigenvalue weighted by Crippen LogP contribution is -2.49. The maximum Gasteiger partial charge on any atom is 0.349 e. The molecule has 2 fully saturated rings. The maximum atomic E-state index is 12.3. The van der Waals surface area contributed by atoms with Crippen LogP contribution >= 0.6 is 0 Å². The standard InChI is InChI=1S/C31H41N7O2/c1-5-28(39)37-16-14-36(15-17-37)27(18-23-8-6-7-9-23)25-12-10-24(11-13-25)22(4)34-30-32-19-26-20-33-31(40)38(21(2)3)29(26)35-30/h5,10-13,19-23,27H,1,6-9,14-18H2,2-4H3,(H,32,34,35)/t22-,27?/m0/s1. The fourth-order valence-electron chi connectivity index (χ4n) is 6.20. The molecule has 0 spiro atoms. The summed E-state index contributed by atoms with van der Waals surface area (Å²) < 4.78 is 1.60. The Balaban J connectivity index is 1.32. The molecule has 3 aromatic rings. The molecule has 9 heteroatoms. The van der Waals surface area contributed by atoms with Crippen LogP contribution in [0.3, 0.4) is 0 Å². The first-order valence-corrected chi connectivity index (χ1v) is 14.6. The summed E-state index contributed by atoms with van der Waals surface area (Å²) in [5.41, 5.74) is 2.75. The largest absolute Gasteiger partial charge is 0.349 e. The fraction of sp³-hybridized carbons (Fsp3) is 0.516. The topological polar surface area (TPSA) is 96.3 Å². The van der Waals surface area contributed by atoms with Gasteiger partial charge >= 0.3 is 5.69 Å². The van der Waals surface area contributed by atoms with E-state index < -0.39 is 0 Å². The van der Waals surface area contributed by atoms with Crippen LogP contribution in [-0.2, 0) is 4.79 Å². The van der Waals surface area contributed by atoms with Gasteiger partial charge in [0.05, 0.1) is 11.4 Å². The van der Waals surface area contributed by atoms with Gasteiger partial charge in [-0.3, -0.25) is 14.3 Å². The van der Waals surface area contributed by atoms with Crippen LogP contribution in [0.1, 0.15) is 82.1 Å². The summed E-state index contributed by atoms with van der Waals surface area (Å²) in [5, 5.41) is 4.15. The number of amides is 1. The third-order valence-corrected chi connectivity index (χ3v) is 8.50. The van der Waals surface area contributed by atoms with Crippen molar-refractivity contribution in [1.82, 2.24) is 29.3 Å². The molecule has 212 valence electrons. The van der Waals surface area contributed by atoms with E-state index in [0.29, 0.717) is 17.6 Å². The summed E-state index contributed by atoms with van der Waals surface area (Å²) in [6.07, 6.45) is 11.1. The van der Waals surface area contributed by atoms with Gasteiger partial charge in [-0.2, -0.15) is 4.98 Å². The average Bonchev–Trinajstić information content (AvgIpc) is 3.49. The van der Waals surface area contributed by atoms with Gasteiger partial charge in [0, 0.05) is 50.7 Å². The summed E-state index contributed by atoms with van der Waals surface area (Å²) in [7, 11) is 0. The molecular weight excluding hydrogens is 502 g/mol. The highest BCUT2D eigenvalue weighted by Gasteiger charge is 2.29. The van der Waals surface area contributed by atoms with Crippen LogP contribution in [0.5, 0.6) is 0 Å². The molecule has 2 atom stereocenters. The van der Waals surface area contributed by atoms with E-state index in [-0.39, 0.29) is 23.7 Å². The Hall–Kier alpha value is -3.59. The molecule has 1 aliphatic carbocycles. The summed E-state index contributed by atoms with van der Waals surface area (Å²) >= 11 is 0. The van der Waals surface area contributed by atoms with Crippen molar-refractivity contribution in [2.75, 3.05) is 31.5 Å². The number of nitrogens with one attached hydrogen (secondary N) is 1. The second kappa shape index (κ2) is 12.3. The molecule has 3 heterocycles. The highest BCUT2D eigenvalue weighted by atomic mass is 16.2. The van der Waals surface area contributed by atoms with E-state index in [2.05, 4.69) is 62.9 Å². The summed E-state index contributed by atoms with van der Waals surface area (Å²) in [6, 6.07) is 9.19. The number of carbonyl (C=O) groups excluding carboxylic acids is 1. The fourth-order valence-corrected chi connectivity index (χ4v) is 6.20. The first-order chi connectivity index (χ1) is 19.3. The van der Waals surface area contributed by atoms with E-state index in [1.54, 1.807) is 10.8 Å². The van der Waals surface area contributed by atoms with Crippen LogP contribution < -0.4 is 11.0 Å². The normalized spacial score (nSPS) is 18.2. The van der Waals surface area contributed by atoms with Gasteiger partial charge in [0.25, 0.3) is 0 Å². The van der Waals surface area contributed by atoms with E-state index >= 15 is 0 Å². The molecule has 2 aliphatic rings. The summed E-state index contributed by atoms with van der Waals surface area (Å²) in [5.74, 6) is 1.27. The molecule has 40 heavy (non-hydrogen) atoms. The van der Waals surface area contributed by atoms with Crippen molar-refractivity contribution in [2.45, 2.75) is 71.0 Å². The van der Waals surface area contributed by atoms with Gasteiger partial charge in [0.15, 0.2) is 5.65 Å². The molecule has 2 aromatic heterocycles. The van der Waals surface area contributed by atoms with Crippen LogP contribution in [0, 0.1) is 5.92 Å². The number of hydrogen-bond acceptors (Lipinski definition) is 7. The van der Waals surface area contributed by atoms with Crippen LogP contribution in [0.2, 0.25) is 0 Å².